The summed E-state index contributed by atoms with van der Waals surface area (Å²) in [4.78, 5) is 22.2. The largest absolute Gasteiger partial charge is 0.289 e. The maximum absolute atomic E-state index is 13.6. The normalized spacial score (nSPS) is 10.8. The SMILES string of the molecule is O=C(/C=C/c1ccc(Br)cc1F)c1ccccc1[N+](=O)[O-]. The number of hydrogen-bond donors (Lipinski definition) is 0. The topological polar surface area (TPSA) is 60.2 Å². The van der Waals surface area contributed by atoms with E-state index in [1.165, 1.54) is 42.5 Å². The van der Waals surface area contributed by atoms with Crippen molar-refractivity contribution in [3.63, 3.8) is 0 Å². The van der Waals surface area contributed by atoms with Gasteiger partial charge in [0.05, 0.1) is 10.5 Å². The van der Waals surface area contributed by atoms with Crippen LogP contribution in [0.4, 0.5) is 10.1 Å². The molecule has 0 bridgehead atoms. The average molecular weight is 350 g/mol. The van der Waals surface area contributed by atoms with Gasteiger partial charge in [-0.1, -0.05) is 34.1 Å². The van der Waals surface area contributed by atoms with Crippen LogP contribution in [0, 0.1) is 15.9 Å². The van der Waals surface area contributed by atoms with Crippen molar-refractivity contribution in [1.82, 2.24) is 0 Å². The Labute approximate surface area is 128 Å². The minimum Gasteiger partial charge on any atom is -0.289 e. The molecule has 106 valence electrons. The summed E-state index contributed by atoms with van der Waals surface area (Å²) in [6.45, 7) is 0. The molecule has 0 heterocycles. The molecule has 0 unspecified atom stereocenters. The molecule has 0 saturated heterocycles. The lowest BCUT2D eigenvalue weighted by atomic mass is 10.1. The van der Waals surface area contributed by atoms with Crippen molar-refractivity contribution in [1.29, 1.82) is 0 Å². The maximum Gasteiger partial charge on any atom is 0.280 e. The standard InChI is InChI=1S/C15H9BrFNO3/c16-11-7-5-10(13(17)9-11)6-8-15(19)12-3-1-2-4-14(12)18(20)21/h1-9H/b8-6+. The van der Waals surface area contributed by atoms with E-state index < -0.39 is 16.5 Å². The van der Waals surface area contributed by atoms with Gasteiger partial charge < -0.3 is 0 Å². The fourth-order valence-electron chi connectivity index (χ4n) is 1.73. The Morgan fingerprint density at radius 2 is 1.95 bits per heavy atom. The van der Waals surface area contributed by atoms with Crippen molar-refractivity contribution in [3.05, 3.63) is 80.1 Å². The van der Waals surface area contributed by atoms with Gasteiger partial charge in [-0.05, 0) is 30.4 Å². The van der Waals surface area contributed by atoms with Crippen molar-refractivity contribution < 1.29 is 14.1 Å². The lowest BCUT2D eigenvalue weighted by Crippen LogP contribution is -2.00. The van der Waals surface area contributed by atoms with Crippen LogP contribution >= 0.6 is 15.9 Å². The van der Waals surface area contributed by atoms with Crippen molar-refractivity contribution in [2.75, 3.05) is 0 Å². The molecule has 0 aliphatic rings. The summed E-state index contributed by atoms with van der Waals surface area (Å²) in [6, 6.07) is 10.0. The van der Waals surface area contributed by atoms with Crippen molar-refractivity contribution in [3.8, 4) is 0 Å². The Kier molecular flexibility index (Phi) is 4.59. The van der Waals surface area contributed by atoms with E-state index in [-0.39, 0.29) is 16.8 Å². The number of ketones is 1. The fraction of sp³-hybridized carbons (Fsp3) is 0. The molecular formula is C15H9BrFNO3. The Balaban J connectivity index is 2.30. The van der Waals surface area contributed by atoms with Crippen LogP contribution in [0.5, 0.6) is 0 Å². The summed E-state index contributed by atoms with van der Waals surface area (Å²) in [6.07, 6.45) is 2.41. The molecule has 0 spiro atoms. The zero-order valence-electron chi connectivity index (χ0n) is 10.6. The number of nitro groups is 1. The molecule has 0 radical (unpaired) electrons. The second kappa shape index (κ2) is 6.41. The molecule has 2 aromatic carbocycles. The molecule has 21 heavy (non-hydrogen) atoms. The molecule has 0 amide bonds. The molecule has 0 atom stereocenters. The van der Waals surface area contributed by atoms with E-state index >= 15 is 0 Å². The first-order chi connectivity index (χ1) is 9.99. The van der Waals surface area contributed by atoms with Gasteiger partial charge in [-0.25, -0.2) is 4.39 Å². The van der Waals surface area contributed by atoms with Crippen LogP contribution in [0.2, 0.25) is 0 Å². The van der Waals surface area contributed by atoms with E-state index in [0.29, 0.717) is 4.47 Å². The molecule has 2 rings (SSSR count). The van der Waals surface area contributed by atoms with E-state index in [0.717, 1.165) is 6.08 Å². The highest BCUT2D eigenvalue weighted by molar-refractivity contribution is 9.10. The van der Waals surface area contributed by atoms with E-state index in [1.807, 2.05) is 0 Å². The Morgan fingerprint density at radius 3 is 2.62 bits per heavy atom. The van der Waals surface area contributed by atoms with Crippen molar-refractivity contribution in [2.45, 2.75) is 0 Å². The van der Waals surface area contributed by atoms with Crippen molar-refractivity contribution in [2.24, 2.45) is 0 Å². The molecule has 0 N–H and O–H groups in total. The van der Waals surface area contributed by atoms with Crippen LogP contribution in [0.1, 0.15) is 15.9 Å². The molecule has 0 fully saturated rings. The Bertz CT molecular complexity index is 743. The first-order valence-electron chi connectivity index (χ1n) is 5.90. The lowest BCUT2D eigenvalue weighted by Gasteiger charge is -1.99. The molecule has 2 aromatic rings. The second-order valence-electron chi connectivity index (χ2n) is 4.14. The maximum atomic E-state index is 13.6. The van der Waals surface area contributed by atoms with Gasteiger partial charge in [0.15, 0.2) is 5.78 Å². The monoisotopic (exact) mass is 349 g/mol. The van der Waals surface area contributed by atoms with E-state index in [1.54, 1.807) is 6.07 Å². The predicted octanol–water partition coefficient (Wildman–Crippen LogP) is 4.39. The smallest absolute Gasteiger partial charge is 0.280 e. The molecule has 4 nitrogen and oxygen atoms in total. The Morgan fingerprint density at radius 1 is 1.24 bits per heavy atom. The van der Waals surface area contributed by atoms with Gasteiger partial charge >= 0.3 is 0 Å². The van der Waals surface area contributed by atoms with E-state index in [2.05, 4.69) is 15.9 Å². The summed E-state index contributed by atoms with van der Waals surface area (Å²) in [5, 5.41) is 10.9. The average Bonchev–Trinajstić information content (AvgIpc) is 2.46. The molecule has 0 aliphatic carbocycles. The summed E-state index contributed by atoms with van der Waals surface area (Å²) in [5.41, 5.74) is -0.0789. The molecule has 0 aromatic heterocycles. The zero-order chi connectivity index (χ0) is 15.4. The number of allylic oxidation sites excluding steroid dienone is 1. The fourth-order valence-corrected chi connectivity index (χ4v) is 2.07. The third-order valence-corrected chi connectivity index (χ3v) is 3.24. The number of nitrogens with zero attached hydrogens (tertiary/aromatic N) is 1. The number of hydrogen-bond acceptors (Lipinski definition) is 3. The summed E-state index contributed by atoms with van der Waals surface area (Å²) in [7, 11) is 0. The van der Waals surface area contributed by atoms with Crippen LogP contribution in [-0.2, 0) is 0 Å². The van der Waals surface area contributed by atoms with Gasteiger partial charge in [-0.2, -0.15) is 0 Å². The van der Waals surface area contributed by atoms with Crippen LogP contribution in [0.15, 0.2) is 53.0 Å². The van der Waals surface area contributed by atoms with Gasteiger partial charge in [-0.3, -0.25) is 14.9 Å². The van der Waals surface area contributed by atoms with E-state index in [9.17, 15) is 19.3 Å². The zero-order valence-corrected chi connectivity index (χ0v) is 12.2. The number of carbonyl (C=O) groups excluding carboxylic acids is 1. The first kappa shape index (κ1) is 15.1. The van der Waals surface area contributed by atoms with Gasteiger partial charge in [-0.15, -0.1) is 0 Å². The molecule has 6 heteroatoms. The third kappa shape index (κ3) is 3.61. The van der Waals surface area contributed by atoms with Gasteiger partial charge in [0.1, 0.15) is 5.82 Å². The quantitative estimate of drug-likeness (QED) is 0.356. The van der Waals surface area contributed by atoms with Gasteiger partial charge in [0, 0.05) is 16.1 Å². The Hall–Kier alpha value is -2.34. The molecule has 0 aliphatic heterocycles. The number of nitro benzene ring substituents is 1. The number of carbonyl (C=O) groups is 1. The molecule has 0 saturated carbocycles. The molecular weight excluding hydrogens is 341 g/mol. The van der Waals surface area contributed by atoms with Gasteiger partial charge in [0.2, 0.25) is 0 Å². The van der Waals surface area contributed by atoms with Crippen LogP contribution in [0.25, 0.3) is 6.08 Å². The minimum absolute atomic E-state index is 0.0312. The van der Waals surface area contributed by atoms with Crippen LogP contribution < -0.4 is 0 Å². The minimum atomic E-state index is -0.624. The number of benzene rings is 2. The predicted molar refractivity (Wildman–Crippen MR) is 80.6 cm³/mol. The number of rotatable bonds is 4. The first-order valence-corrected chi connectivity index (χ1v) is 6.69. The highest BCUT2D eigenvalue weighted by Crippen LogP contribution is 2.20. The van der Waals surface area contributed by atoms with Gasteiger partial charge in [0.25, 0.3) is 5.69 Å². The van der Waals surface area contributed by atoms with E-state index in [4.69, 9.17) is 0 Å². The van der Waals surface area contributed by atoms with Crippen LogP contribution in [0.3, 0.4) is 0 Å². The summed E-state index contributed by atoms with van der Waals surface area (Å²) >= 11 is 3.13. The second-order valence-corrected chi connectivity index (χ2v) is 5.05. The highest BCUT2D eigenvalue weighted by atomic mass is 79.9. The summed E-state index contributed by atoms with van der Waals surface area (Å²) < 4.78 is 14.2. The third-order valence-electron chi connectivity index (χ3n) is 2.74. The lowest BCUT2D eigenvalue weighted by molar-refractivity contribution is -0.385. The van der Waals surface area contributed by atoms with Crippen molar-refractivity contribution >= 4 is 33.5 Å². The summed E-state index contributed by atoms with van der Waals surface area (Å²) in [5.74, 6) is -1.04. The van der Waals surface area contributed by atoms with Crippen LogP contribution in [-0.4, -0.2) is 10.7 Å². The highest BCUT2D eigenvalue weighted by Gasteiger charge is 2.16. The number of halogens is 2. The number of para-hydroxylation sites is 1.